The maximum atomic E-state index is 12.4. The number of carbonyl (C=O) groups excluding carboxylic acids is 1. The summed E-state index contributed by atoms with van der Waals surface area (Å²) >= 11 is 0. The van der Waals surface area contributed by atoms with Crippen molar-refractivity contribution in [3.63, 3.8) is 0 Å². The normalized spacial score (nSPS) is 44.9. The topological polar surface area (TPSA) is 35.5 Å². The Bertz CT molecular complexity index is 332. The number of ether oxygens (including phenoxy) is 2. The van der Waals surface area contributed by atoms with Gasteiger partial charge in [0, 0.05) is 23.7 Å². The van der Waals surface area contributed by atoms with Crippen LogP contribution in [0.1, 0.15) is 46.0 Å². The molecule has 2 saturated carbocycles. The Balaban J connectivity index is 1.97. The molecule has 0 radical (unpaired) electrons. The standard InChI is InChI=1S/C14H22O3/c1-10-5-7-13(2)11(12(10)15)4-3-6-14(13)16-8-9-17-14/h10-11H,3-9H2,1-2H3/t10-,11-,13-/m0/s1. The molecule has 0 bridgehead atoms. The van der Waals surface area contributed by atoms with Crippen LogP contribution in [0.4, 0.5) is 0 Å². The molecule has 0 N–H and O–H groups in total. The summed E-state index contributed by atoms with van der Waals surface area (Å²) in [4.78, 5) is 12.4. The SMILES string of the molecule is C[C@H]1CC[C@@]2(C)[C@@H](CCCC23OCCO3)C1=O. The van der Waals surface area contributed by atoms with Crippen LogP contribution in [-0.2, 0) is 14.3 Å². The van der Waals surface area contributed by atoms with Crippen molar-refractivity contribution < 1.29 is 14.3 Å². The van der Waals surface area contributed by atoms with Crippen molar-refractivity contribution in [1.29, 1.82) is 0 Å². The summed E-state index contributed by atoms with van der Waals surface area (Å²) in [5.74, 6) is 0.366. The zero-order valence-corrected chi connectivity index (χ0v) is 10.8. The Labute approximate surface area is 103 Å². The molecular formula is C14H22O3. The number of hydrogen-bond acceptors (Lipinski definition) is 3. The third-order valence-electron chi connectivity index (χ3n) is 5.32. The van der Waals surface area contributed by atoms with Gasteiger partial charge in [-0.3, -0.25) is 4.79 Å². The molecule has 0 amide bonds. The van der Waals surface area contributed by atoms with Gasteiger partial charge in [0.05, 0.1) is 13.2 Å². The van der Waals surface area contributed by atoms with Gasteiger partial charge in [-0.25, -0.2) is 0 Å². The third-order valence-corrected chi connectivity index (χ3v) is 5.32. The van der Waals surface area contributed by atoms with Crippen LogP contribution in [0.3, 0.4) is 0 Å². The number of fused-ring (bicyclic) bond motifs is 2. The van der Waals surface area contributed by atoms with E-state index >= 15 is 0 Å². The van der Waals surface area contributed by atoms with Crippen LogP contribution in [-0.4, -0.2) is 24.8 Å². The first kappa shape index (κ1) is 11.7. The number of carbonyl (C=O) groups is 1. The zero-order valence-electron chi connectivity index (χ0n) is 10.8. The predicted octanol–water partition coefficient (Wildman–Crippen LogP) is 2.53. The van der Waals surface area contributed by atoms with Crippen LogP contribution in [0.2, 0.25) is 0 Å². The molecule has 3 atom stereocenters. The molecule has 1 heterocycles. The van der Waals surface area contributed by atoms with Gasteiger partial charge >= 0.3 is 0 Å². The van der Waals surface area contributed by atoms with E-state index in [9.17, 15) is 4.79 Å². The van der Waals surface area contributed by atoms with Crippen LogP contribution in [0, 0.1) is 17.3 Å². The fourth-order valence-corrected chi connectivity index (χ4v) is 4.16. The predicted molar refractivity (Wildman–Crippen MR) is 63.5 cm³/mol. The summed E-state index contributed by atoms with van der Waals surface area (Å²) in [7, 11) is 0. The van der Waals surface area contributed by atoms with Gasteiger partial charge < -0.3 is 9.47 Å². The minimum atomic E-state index is -0.453. The van der Waals surface area contributed by atoms with E-state index < -0.39 is 5.79 Å². The van der Waals surface area contributed by atoms with E-state index in [4.69, 9.17) is 9.47 Å². The van der Waals surface area contributed by atoms with Gasteiger partial charge in [0.1, 0.15) is 5.78 Å². The highest BCUT2D eigenvalue weighted by atomic mass is 16.7. The third kappa shape index (κ3) is 1.45. The van der Waals surface area contributed by atoms with Crippen molar-refractivity contribution in [2.45, 2.75) is 51.7 Å². The Morgan fingerprint density at radius 1 is 1.18 bits per heavy atom. The molecule has 17 heavy (non-hydrogen) atoms. The van der Waals surface area contributed by atoms with E-state index in [1.165, 1.54) is 0 Å². The lowest BCUT2D eigenvalue weighted by molar-refractivity contribution is -0.272. The van der Waals surface area contributed by atoms with Gasteiger partial charge in [-0.05, 0) is 25.7 Å². The summed E-state index contributed by atoms with van der Waals surface area (Å²) in [5, 5.41) is 0. The average Bonchev–Trinajstić information content (AvgIpc) is 2.78. The van der Waals surface area contributed by atoms with Gasteiger partial charge in [-0.15, -0.1) is 0 Å². The first-order valence-corrected chi connectivity index (χ1v) is 6.91. The lowest BCUT2D eigenvalue weighted by atomic mass is 9.55. The first-order chi connectivity index (χ1) is 8.09. The summed E-state index contributed by atoms with van der Waals surface area (Å²) in [5.41, 5.74) is -0.0919. The molecule has 1 saturated heterocycles. The molecule has 3 rings (SSSR count). The van der Waals surface area contributed by atoms with Gasteiger partial charge in [0.25, 0.3) is 0 Å². The maximum absolute atomic E-state index is 12.4. The van der Waals surface area contributed by atoms with E-state index in [1.54, 1.807) is 0 Å². The number of rotatable bonds is 0. The van der Waals surface area contributed by atoms with Crippen LogP contribution < -0.4 is 0 Å². The van der Waals surface area contributed by atoms with Crippen molar-refractivity contribution in [2.24, 2.45) is 17.3 Å². The Hall–Kier alpha value is -0.410. The van der Waals surface area contributed by atoms with Crippen LogP contribution in [0.15, 0.2) is 0 Å². The van der Waals surface area contributed by atoms with Crippen LogP contribution >= 0.6 is 0 Å². The second kappa shape index (κ2) is 3.79. The molecule has 3 fully saturated rings. The summed E-state index contributed by atoms with van der Waals surface area (Å²) in [6.07, 6.45) is 5.08. The second-order valence-corrected chi connectivity index (χ2v) is 6.15. The Morgan fingerprint density at radius 3 is 2.59 bits per heavy atom. The molecule has 3 aliphatic rings. The summed E-state index contributed by atoms with van der Waals surface area (Å²) in [6.45, 7) is 5.66. The van der Waals surface area contributed by atoms with Gasteiger partial charge in [-0.1, -0.05) is 13.8 Å². The Kier molecular flexibility index (Phi) is 2.60. The summed E-state index contributed by atoms with van der Waals surface area (Å²) < 4.78 is 11.9. The van der Waals surface area contributed by atoms with Crippen LogP contribution in [0.25, 0.3) is 0 Å². The van der Waals surface area contributed by atoms with Crippen LogP contribution in [0.5, 0.6) is 0 Å². The minimum Gasteiger partial charge on any atom is -0.347 e. The average molecular weight is 238 g/mol. The molecule has 0 aromatic heterocycles. The lowest BCUT2D eigenvalue weighted by Crippen LogP contribution is -2.59. The van der Waals surface area contributed by atoms with Gasteiger partial charge in [0.15, 0.2) is 5.79 Å². The molecule has 0 unspecified atom stereocenters. The second-order valence-electron chi connectivity index (χ2n) is 6.15. The molecule has 2 aliphatic carbocycles. The minimum absolute atomic E-state index is 0.0919. The molecule has 0 aromatic rings. The largest absolute Gasteiger partial charge is 0.347 e. The van der Waals surface area contributed by atoms with Crippen molar-refractivity contribution in [3.05, 3.63) is 0 Å². The van der Waals surface area contributed by atoms with E-state index in [1.807, 2.05) is 0 Å². The first-order valence-electron chi connectivity index (χ1n) is 6.91. The quantitative estimate of drug-likeness (QED) is 0.650. The fourth-order valence-electron chi connectivity index (χ4n) is 4.16. The highest BCUT2D eigenvalue weighted by molar-refractivity contribution is 5.85. The van der Waals surface area contributed by atoms with E-state index in [2.05, 4.69) is 13.8 Å². The molecule has 3 heteroatoms. The van der Waals surface area contributed by atoms with Crippen molar-refractivity contribution in [3.8, 4) is 0 Å². The van der Waals surface area contributed by atoms with Crippen molar-refractivity contribution in [1.82, 2.24) is 0 Å². The number of hydrogen-bond donors (Lipinski definition) is 0. The van der Waals surface area contributed by atoms with Crippen molar-refractivity contribution in [2.75, 3.05) is 13.2 Å². The van der Waals surface area contributed by atoms with E-state index in [0.717, 1.165) is 32.1 Å². The maximum Gasteiger partial charge on any atom is 0.174 e. The number of Topliss-reactive ketones (excluding diaryl/α,β-unsaturated/α-hetero) is 1. The Morgan fingerprint density at radius 2 is 1.88 bits per heavy atom. The van der Waals surface area contributed by atoms with Crippen molar-refractivity contribution >= 4 is 5.78 Å². The van der Waals surface area contributed by atoms with Gasteiger partial charge in [0.2, 0.25) is 0 Å². The molecular weight excluding hydrogens is 216 g/mol. The highest BCUT2D eigenvalue weighted by Crippen LogP contribution is 2.58. The molecule has 1 aliphatic heterocycles. The van der Waals surface area contributed by atoms with E-state index in [0.29, 0.717) is 19.0 Å². The zero-order chi connectivity index (χ0) is 12.1. The summed E-state index contributed by atoms with van der Waals surface area (Å²) in [6, 6.07) is 0. The fraction of sp³-hybridized carbons (Fsp3) is 0.929. The highest BCUT2D eigenvalue weighted by Gasteiger charge is 2.61. The molecule has 96 valence electrons. The van der Waals surface area contributed by atoms with Gasteiger partial charge in [-0.2, -0.15) is 0 Å². The number of ketones is 1. The molecule has 3 nitrogen and oxygen atoms in total. The molecule has 1 spiro atoms. The monoisotopic (exact) mass is 238 g/mol. The smallest absolute Gasteiger partial charge is 0.174 e. The van der Waals surface area contributed by atoms with E-state index in [-0.39, 0.29) is 17.3 Å². The lowest BCUT2D eigenvalue weighted by Gasteiger charge is -2.54. The molecule has 0 aromatic carbocycles.